The summed E-state index contributed by atoms with van der Waals surface area (Å²) in [7, 11) is 0. The van der Waals surface area contributed by atoms with Crippen molar-refractivity contribution in [3.8, 4) is 0 Å². The lowest BCUT2D eigenvalue weighted by Gasteiger charge is -2.02. The van der Waals surface area contributed by atoms with Crippen LogP contribution in [0.3, 0.4) is 0 Å². The number of hydrogen-bond acceptors (Lipinski definition) is 2. The minimum Gasteiger partial charge on any atom is -0.293 e. The van der Waals surface area contributed by atoms with Crippen LogP contribution in [0.4, 0.5) is 0 Å². The van der Waals surface area contributed by atoms with Crippen LogP contribution >= 0.6 is 15.9 Å². The van der Waals surface area contributed by atoms with Crippen molar-refractivity contribution in [1.82, 2.24) is 4.98 Å². The van der Waals surface area contributed by atoms with Crippen LogP contribution in [0.5, 0.6) is 0 Å². The van der Waals surface area contributed by atoms with Crippen LogP contribution in [0, 0.1) is 0 Å². The van der Waals surface area contributed by atoms with Gasteiger partial charge >= 0.3 is 0 Å². The molecule has 1 aromatic heterocycles. The normalized spacial score (nSPS) is 10.4. The highest BCUT2D eigenvalue weighted by Gasteiger charge is 2.07. The number of Topliss-reactive ketones (excluding diaryl/α,β-unsaturated/α-hetero) is 1. The van der Waals surface area contributed by atoms with Gasteiger partial charge < -0.3 is 0 Å². The molecule has 0 N–H and O–H groups in total. The summed E-state index contributed by atoms with van der Waals surface area (Å²) in [6, 6.07) is 7.59. The molecule has 0 unspecified atom stereocenters. The molecule has 0 radical (unpaired) electrons. The lowest BCUT2D eigenvalue weighted by atomic mass is 10.0. The molecule has 2 nitrogen and oxygen atoms in total. The maximum absolute atomic E-state index is 11.6. The number of alkyl halides is 1. The average Bonchev–Trinajstić information content (AvgIpc) is 2.27. The molecule has 0 aliphatic carbocycles. The Labute approximate surface area is 90.1 Å². The third kappa shape index (κ3) is 1.55. The molecule has 1 heterocycles. The fourth-order valence-corrected chi connectivity index (χ4v) is 1.73. The second-order valence-electron chi connectivity index (χ2n) is 2.96. The van der Waals surface area contributed by atoms with Crippen LogP contribution in [-0.4, -0.2) is 16.1 Å². The zero-order valence-electron chi connectivity index (χ0n) is 7.40. The van der Waals surface area contributed by atoms with E-state index in [-0.39, 0.29) is 5.78 Å². The molecule has 0 atom stereocenters. The predicted molar refractivity (Wildman–Crippen MR) is 59.9 cm³/mol. The first-order valence-electron chi connectivity index (χ1n) is 4.25. The highest BCUT2D eigenvalue weighted by atomic mass is 79.9. The maximum Gasteiger partial charge on any atom is 0.174 e. The van der Waals surface area contributed by atoms with Crippen LogP contribution < -0.4 is 0 Å². The highest BCUT2D eigenvalue weighted by molar-refractivity contribution is 9.09. The smallest absolute Gasteiger partial charge is 0.174 e. The number of carbonyl (C=O) groups excluding carboxylic acids is 1. The second-order valence-corrected chi connectivity index (χ2v) is 3.52. The number of aromatic nitrogens is 1. The number of nitrogens with zero attached hydrogens (tertiary/aromatic N) is 1. The number of ketones is 1. The van der Waals surface area contributed by atoms with Crippen LogP contribution in [0.2, 0.25) is 0 Å². The average molecular weight is 250 g/mol. The van der Waals surface area contributed by atoms with Gasteiger partial charge in [-0.2, -0.15) is 0 Å². The van der Waals surface area contributed by atoms with Gasteiger partial charge in [0.05, 0.1) is 5.33 Å². The van der Waals surface area contributed by atoms with E-state index in [1.54, 1.807) is 12.4 Å². The van der Waals surface area contributed by atoms with E-state index in [4.69, 9.17) is 0 Å². The van der Waals surface area contributed by atoms with E-state index in [0.29, 0.717) is 5.33 Å². The van der Waals surface area contributed by atoms with Gasteiger partial charge in [-0.1, -0.05) is 34.1 Å². The third-order valence-corrected chi connectivity index (χ3v) is 2.61. The third-order valence-electron chi connectivity index (χ3n) is 2.11. The van der Waals surface area contributed by atoms with Crippen molar-refractivity contribution in [1.29, 1.82) is 0 Å². The van der Waals surface area contributed by atoms with Gasteiger partial charge in [0, 0.05) is 23.3 Å². The molecule has 0 bridgehead atoms. The summed E-state index contributed by atoms with van der Waals surface area (Å²) in [6.45, 7) is 0. The van der Waals surface area contributed by atoms with Crippen LogP contribution in [0.25, 0.3) is 10.8 Å². The van der Waals surface area contributed by atoms with Crippen molar-refractivity contribution in [2.45, 2.75) is 0 Å². The van der Waals surface area contributed by atoms with E-state index in [9.17, 15) is 4.79 Å². The molecule has 2 rings (SSSR count). The van der Waals surface area contributed by atoms with E-state index < -0.39 is 0 Å². The van der Waals surface area contributed by atoms with E-state index in [2.05, 4.69) is 20.9 Å². The van der Waals surface area contributed by atoms with Crippen molar-refractivity contribution in [2.75, 3.05) is 5.33 Å². The van der Waals surface area contributed by atoms with Gasteiger partial charge in [0.25, 0.3) is 0 Å². The lowest BCUT2D eigenvalue weighted by Crippen LogP contribution is -2.00. The van der Waals surface area contributed by atoms with Crippen LogP contribution in [0.1, 0.15) is 10.4 Å². The Morgan fingerprint density at radius 1 is 1.36 bits per heavy atom. The molecular weight excluding hydrogens is 242 g/mol. The van der Waals surface area contributed by atoms with Crippen LogP contribution in [-0.2, 0) is 0 Å². The van der Waals surface area contributed by atoms with E-state index in [1.807, 2.05) is 24.3 Å². The van der Waals surface area contributed by atoms with Gasteiger partial charge in [0.2, 0.25) is 0 Å². The molecule has 0 spiro atoms. The van der Waals surface area contributed by atoms with Gasteiger partial charge in [-0.25, -0.2) is 0 Å². The van der Waals surface area contributed by atoms with Crippen molar-refractivity contribution in [3.05, 3.63) is 42.2 Å². The summed E-state index contributed by atoms with van der Waals surface area (Å²) in [5.41, 5.74) is 0.729. The van der Waals surface area contributed by atoms with Gasteiger partial charge in [0.1, 0.15) is 0 Å². The van der Waals surface area contributed by atoms with Gasteiger partial charge in [-0.05, 0) is 11.5 Å². The standard InChI is InChI=1S/C11H8BrNO/c12-6-11(14)9-3-1-2-8-4-5-13-7-10(8)9/h1-5,7H,6H2. The van der Waals surface area contributed by atoms with E-state index >= 15 is 0 Å². The van der Waals surface area contributed by atoms with E-state index in [1.165, 1.54) is 0 Å². The zero-order chi connectivity index (χ0) is 9.97. The topological polar surface area (TPSA) is 30.0 Å². The number of pyridine rings is 1. The monoisotopic (exact) mass is 249 g/mol. The fourth-order valence-electron chi connectivity index (χ4n) is 1.43. The molecule has 0 aliphatic heterocycles. The SMILES string of the molecule is O=C(CBr)c1cccc2ccncc12. The van der Waals surface area contributed by atoms with Crippen LogP contribution in [0.15, 0.2) is 36.7 Å². The molecule has 2 aromatic rings. The molecule has 1 aromatic carbocycles. The molecule has 3 heteroatoms. The quantitative estimate of drug-likeness (QED) is 0.606. The maximum atomic E-state index is 11.6. The molecule has 14 heavy (non-hydrogen) atoms. The largest absolute Gasteiger partial charge is 0.293 e. The summed E-state index contributed by atoms with van der Waals surface area (Å²) in [5.74, 6) is 0.0867. The Bertz CT molecular complexity index is 476. The van der Waals surface area contributed by atoms with Crippen molar-refractivity contribution >= 4 is 32.5 Å². The lowest BCUT2D eigenvalue weighted by molar-refractivity contribution is 0.102. The Kier molecular flexibility index (Phi) is 2.59. The van der Waals surface area contributed by atoms with Crippen molar-refractivity contribution in [3.63, 3.8) is 0 Å². The number of fused-ring (bicyclic) bond motifs is 1. The molecule has 0 amide bonds. The summed E-state index contributed by atoms with van der Waals surface area (Å²) >= 11 is 3.17. The van der Waals surface area contributed by atoms with Crippen molar-refractivity contribution < 1.29 is 4.79 Å². The Morgan fingerprint density at radius 2 is 2.21 bits per heavy atom. The first-order valence-corrected chi connectivity index (χ1v) is 5.37. The minimum absolute atomic E-state index is 0.0867. The van der Waals surface area contributed by atoms with E-state index in [0.717, 1.165) is 16.3 Å². The zero-order valence-corrected chi connectivity index (χ0v) is 8.99. The highest BCUT2D eigenvalue weighted by Crippen LogP contribution is 2.18. The summed E-state index contributed by atoms with van der Waals surface area (Å²) in [6.07, 6.45) is 3.45. The number of benzene rings is 1. The predicted octanol–water partition coefficient (Wildman–Crippen LogP) is 2.81. The second kappa shape index (κ2) is 3.88. The number of rotatable bonds is 2. The van der Waals surface area contributed by atoms with Crippen molar-refractivity contribution in [2.24, 2.45) is 0 Å². The summed E-state index contributed by atoms with van der Waals surface area (Å²) in [5, 5.41) is 2.31. The molecule has 0 saturated carbocycles. The Morgan fingerprint density at radius 3 is 3.00 bits per heavy atom. The first kappa shape index (κ1) is 9.34. The molecule has 0 fully saturated rings. The van der Waals surface area contributed by atoms with Gasteiger partial charge in [0.15, 0.2) is 5.78 Å². The number of halogens is 1. The molecule has 0 aliphatic rings. The molecular formula is C11H8BrNO. The number of hydrogen-bond donors (Lipinski definition) is 0. The molecule has 0 saturated heterocycles. The number of carbonyl (C=O) groups is 1. The molecule has 70 valence electrons. The summed E-state index contributed by atoms with van der Waals surface area (Å²) in [4.78, 5) is 15.6. The fraction of sp³-hybridized carbons (Fsp3) is 0.0909. The summed E-state index contributed by atoms with van der Waals surface area (Å²) < 4.78 is 0. The first-order chi connectivity index (χ1) is 6.83. The van der Waals surface area contributed by atoms with Gasteiger partial charge in [-0.15, -0.1) is 0 Å². The Balaban J connectivity index is 2.71. The Hall–Kier alpha value is -1.22. The minimum atomic E-state index is 0.0867. The van der Waals surface area contributed by atoms with Gasteiger partial charge in [-0.3, -0.25) is 9.78 Å².